The lowest BCUT2D eigenvalue weighted by Gasteiger charge is -2.02. The van der Waals surface area contributed by atoms with E-state index < -0.39 is 4.92 Å². The highest BCUT2D eigenvalue weighted by atomic mass is 16.6. The Hall–Kier alpha value is -2.50. The molecular formula is C10H7N3O3. The monoisotopic (exact) mass is 217 g/mol. The molecule has 0 amide bonds. The Bertz CT molecular complexity index is 528. The van der Waals surface area contributed by atoms with Crippen molar-refractivity contribution in [3.8, 4) is 11.4 Å². The molecule has 2 aromatic rings. The summed E-state index contributed by atoms with van der Waals surface area (Å²) in [5.41, 5.74) is 0.434. The zero-order valence-corrected chi connectivity index (χ0v) is 8.11. The van der Waals surface area contributed by atoms with Crippen LogP contribution in [0.25, 0.3) is 11.4 Å². The van der Waals surface area contributed by atoms with E-state index in [0.29, 0.717) is 10.4 Å². The maximum atomic E-state index is 11.4. The van der Waals surface area contributed by atoms with Crippen molar-refractivity contribution in [1.29, 1.82) is 0 Å². The van der Waals surface area contributed by atoms with Crippen molar-refractivity contribution >= 4 is 5.69 Å². The fourth-order valence-electron chi connectivity index (χ4n) is 1.29. The molecule has 0 spiro atoms. The van der Waals surface area contributed by atoms with E-state index in [2.05, 4.69) is 4.98 Å². The summed E-state index contributed by atoms with van der Waals surface area (Å²) < 4.78 is 0.551. The van der Waals surface area contributed by atoms with E-state index >= 15 is 0 Å². The Labute approximate surface area is 90.5 Å². The van der Waals surface area contributed by atoms with Gasteiger partial charge < -0.3 is 5.21 Å². The van der Waals surface area contributed by atoms with Gasteiger partial charge in [0.2, 0.25) is 5.69 Å². The smallest absolute Gasteiger partial charge is 0.282 e. The average molecular weight is 217 g/mol. The molecule has 2 heterocycles. The first kappa shape index (κ1) is 10.0. The van der Waals surface area contributed by atoms with Gasteiger partial charge in [-0.3, -0.25) is 10.1 Å². The highest BCUT2D eigenvalue weighted by Crippen LogP contribution is 2.17. The van der Waals surface area contributed by atoms with E-state index in [4.69, 9.17) is 0 Å². The van der Waals surface area contributed by atoms with Crippen LogP contribution in [0.15, 0.2) is 42.7 Å². The van der Waals surface area contributed by atoms with Crippen molar-refractivity contribution < 1.29 is 9.65 Å². The second-order valence-electron chi connectivity index (χ2n) is 3.07. The minimum atomic E-state index is -0.549. The summed E-state index contributed by atoms with van der Waals surface area (Å²) in [5.74, 6) is 0. The molecule has 0 aliphatic carbocycles. The number of nitro groups is 1. The van der Waals surface area contributed by atoms with Crippen LogP contribution < -0.4 is 4.73 Å². The van der Waals surface area contributed by atoms with Crippen molar-refractivity contribution in [2.24, 2.45) is 0 Å². The van der Waals surface area contributed by atoms with Crippen LogP contribution in [0, 0.1) is 15.3 Å². The number of hydrogen-bond acceptors (Lipinski definition) is 4. The predicted molar refractivity (Wildman–Crippen MR) is 55.3 cm³/mol. The Morgan fingerprint density at radius 2 is 2.12 bits per heavy atom. The third-order valence-corrected chi connectivity index (χ3v) is 2.04. The topological polar surface area (TPSA) is 83.0 Å². The molecule has 0 unspecified atom stereocenters. The van der Waals surface area contributed by atoms with Crippen LogP contribution in [0.1, 0.15) is 0 Å². The molecule has 0 fully saturated rings. The van der Waals surface area contributed by atoms with Crippen molar-refractivity contribution in [2.45, 2.75) is 0 Å². The van der Waals surface area contributed by atoms with E-state index in [-0.39, 0.29) is 11.4 Å². The highest BCUT2D eigenvalue weighted by molar-refractivity contribution is 5.53. The molecule has 6 heteroatoms. The van der Waals surface area contributed by atoms with Gasteiger partial charge >= 0.3 is 0 Å². The van der Waals surface area contributed by atoms with E-state index in [1.54, 1.807) is 18.2 Å². The molecule has 0 aliphatic heterocycles. The molecule has 16 heavy (non-hydrogen) atoms. The van der Waals surface area contributed by atoms with E-state index in [1.165, 1.54) is 12.3 Å². The number of aromatic nitrogens is 2. The van der Waals surface area contributed by atoms with Crippen LogP contribution in [0.3, 0.4) is 0 Å². The molecule has 0 N–H and O–H groups in total. The summed E-state index contributed by atoms with van der Waals surface area (Å²) in [5, 5.41) is 22.0. The molecular weight excluding hydrogens is 210 g/mol. The van der Waals surface area contributed by atoms with E-state index in [9.17, 15) is 15.3 Å². The van der Waals surface area contributed by atoms with Gasteiger partial charge in [0.05, 0.1) is 17.1 Å². The average Bonchev–Trinajstić information content (AvgIpc) is 2.30. The number of rotatable bonds is 2. The second kappa shape index (κ2) is 3.93. The van der Waals surface area contributed by atoms with Gasteiger partial charge in [-0.1, -0.05) is 6.07 Å². The predicted octanol–water partition coefficient (Wildman–Crippen LogP) is 1.29. The van der Waals surface area contributed by atoms with Crippen molar-refractivity contribution in [1.82, 2.24) is 4.98 Å². The van der Waals surface area contributed by atoms with Gasteiger partial charge in [-0.2, -0.15) is 4.73 Å². The summed E-state index contributed by atoms with van der Waals surface area (Å²) >= 11 is 0. The summed E-state index contributed by atoms with van der Waals surface area (Å²) in [6.07, 6.45) is 2.62. The molecule has 6 nitrogen and oxygen atoms in total. The van der Waals surface area contributed by atoms with Gasteiger partial charge in [0, 0.05) is 6.20 Å². The van der Waals surface area contributed by atoms with Crippen LogP contribution in [-0.4, -0.2) is 9.91 Å². The molecule has 0 bridgehead atoms. The number of hydrogen-bond donors (Lipinski definition) is 0. The molecule has 0 radical (unpaired) electrons. The Kier molecular flexibility index (Phi) is 2.47. The maximum Gasteiger partial charge on any atom is 0.282 e. The first-order chi connectivity index (χ1) is 7.68. The Balaban J connectivity index is 2.56. The maximum absolute atomic E-state index is 11.4. The lowest BCUT2D eigenvalue weighted by Crippen LogP contribution is -2.28. The Morgan fingerprint density at radius 3 is 2.75 bits per heavy atom. The Morgan fingerprint density at radius 1 is 1.31 bits per heavy atom. The van der Waals surface area contributed by atoms with Crippen LogP contribution in [0.4, 0.5) is 5.69 Å². The zero-order chi connectivity index (χ0) is 11.5. The summed E-state index contributed by atoms with van der Waals surface area (Å²) in [6.45, 7) is 0. The molecule has 0 aliphatic rings. The third kappa shape index (κ3) is 1.81. The van der Waals surface area contributed by atoms with Gasteiger partial charge in [-0.15, -0.1) is 0 Å². The minimum Gasteiger partial charge on any atom is -0.618 e. The van der Waals surface area contributed by atoms with Crippen LogP contribution in [0.5, 0.6) is 0 Å². The summed E-state index contributed by atoms with van der Waals surface area (Å²) in [6, 6.07) is 7.39. The third-order valence-electron chi connectivity index (χ3n) is 2.04. The standard InChI is InChI=1S/C10H7N3O3/c14-12-6-4-8(13(15)16)7-10(12)9-3-1-2-5-11-9/h1-7H. The fourth-order valence-corrected chi connectivity index (χ4v) is 1.29. The van der Waals surface area contributed by atoms with Crippen molar-refractivity contribution in [3.05, 3.63) is 58.0 Å². The first-order valence-electron chi connectivity index (χ1n) is 4.47. The molecule has 80 valence electrons. The van der Waals surface area contributed by atoms with Crippen LogP contribution >= 0.6 is 0 Å². The highest BCUT2D eigenvalue weighted by Gasteiger charge is 2.16. The van der Waals surface area contributed by atoms with Crippen LogP contribution in [-0.2, 0) is 0 Å². The fraction of sp³-hybridized carbons (Fsp3) is 0. The molecule has 0 saturated carbocycles. The lowest BCUT2D eigenvalue weighted by molar-refractivity contribution is -0.594. The minimum absolute atomic E-state index is 0.132. The molecule has 0 aromatic carbocycles. The normalized spacial score (nSPS) is 10.0. The quantitative estimate of drug-likeness (QED) is 0.328. The van der Waals surface area contributed by atoms with Gasteiger partial charge in [0.15, 0.2) is 6.20 Å². The van der Waals surface area contributed by atoms with Crippen LogP contribution in [0.2, 0.25) is 0 Å². The molecule has 0 saturated heterocycles. The number of nitrogens with zero attached hydrogens (tertiary/aromatic N) is 3. The van der Waals surface area contributed by atoms with Crippen molar-refractivity contribution in [2.75, 3.05) is 0 Å². The van der Waals surface area contributed by atoms with E-state index in [1.807, 2.05) is 0 Å². The summed E-state index contributed by atoms with van der Waals surface area (Å²) in [4.78, 5) is 14.0. The summed E-state index contributed by atoms with van der Waals surface area (Å²) in [7, 11) is 0. The lowest BCUT2D eigenvalue weighted by atomic mass is 10.2. The van der Waals surface area contributed by atoms with Gasteiger partial charge in [-0.25, -0.2) is 4.98 Å². The SMILES string of the molecule is O=[N+]([O-])c1cc[n+]([O-])c(-c2ccccn2)c1. The van der Waals surface area contributed by atoms with E-state index in [0.717, 1.165) is 12.3 Å². The zero-order valence-electron chi connectivity index (χ0n) is 8.11. The van der Waals surface area contributed by atoms with Gasteiger partial charge in [-0.05, 0) is 12.1 Å². The second-order valence-corrected chi connectivity index (χ2v) is 3.07. The first-order valence-corrected chi connectivity index (χ1v) is 4.47. The molecule has 2 rings (SSSR count). The van der Waals surface area contributed by atoms with Crippen molar-refractivity contribution in [3.63, 3.8) is 0 Å². The van der Waals surface area contributed by atoms with Gasteiger partial charge in [0.1, 0.15) is 5.69 Å². The molecule has 2 aromatic heterocycles. The van der Waals surface area contributed by atoms with Gasteiger partial charge in [0.25, 0.3) is 5.69 Å². The largest absolute Gasteiger partial charge is 0.618 e. The molecule has 0 atom stereocenters. The number of pyridine rings is 2.